The zero-order chi connectivity index (χ0) is 27.5. The van der Waals surface area contributed by atoms with Gasteiger partial charge in [0.15, 0.2) is 0 Å². The van der Waals surface area contributed by atoms with Gasteiger partial charge in [-0.3, -0.25) is 0 Å². The van der Waals surface area contributed by atoms with Crippen molar-refractivity contribution in [3.63, 3.8) is 0 Å². The lowest BCUT2D eigenvalue weighted by Crippen LogP contribution is -1.83. The molecule has 0 saturated heterocycles. The summed E-state index contributed by atoms with van der Waals surface area (Å²) in [6.07, 6.45) is 55.4. The molecule has 0 aliphatic heterocycles. The summed E-state index contributed by atoms with van der Waals surface area (Å²) in [6, 6.07) is 0. The second kappa shape index (κ2) is 36.5. The van der Waals surface area contributed by atoms with Gasteiger partial charge >= 0.3 is 0 Å². The maximum atomic E-state index is 2.38. The summed E-state index contributed by atoms with van der Waals surface area (Å²) in [4.78, 5) is 0. The molecule has 0 atom stereocenters. The normalized spacial score (nSPS) is 11.9. The van der Waals surface area contributed by atoms with Gasteiger partial charge in [-0.2, -0.15) is 0 Å². The van der Waals surface area contributed by atoms with Crippen LogP contribution in [0, 0.1) is 0 Å². The average Bonchev–Trinajstić information content (AvgIpc) is 2.93. The van der Waals surface area contributed by atoms with Crippen LogP contribution >= 0.6 is 0 Å². The maximum Gasteiger partial charge on any atom is -0.0348 e. The maximum absolute atomic E-state index is 2.38. The predicted molar refractivity (Wildman–Crippen MR) is 177 cm³/mol. The second-order valence-corrected chi connectivity index (χ2v) is 12.3. The Morgan fingerprint density at radius 1 is 0.237 bits per heavy atom. The van der Waals surface area contributed by atoms with Gasteiger partial charge in [-0.25, -0.2) is 0 Å². The number of unbranched alkanes of at least 4 members (excludes halogenated alkanes) is 30. The third-order valence-electron chi connectivity index (χ3n) is 8.33. The van der Waals surface area contributed by atoms with Crippen LogP contribution in [0.5, 0.6) is 0 Å². The molecule has 0 amide bonds. The Bertz CT molecular complexity index is 403. The smallest absolute Gasteiger partial charge is 0.0348 e. The molecule has 0 aromatic heterocycles. The van der Waals surface area contributed by atoms with Crippen molar-refractivity contribution in [2.45, 2.75) is 219 Å². The SMILES string of the molecule is CCCCCCCCCCCCCCCCC/C=C/C=C/CCCCCCCCCCCCCCCCC. The standard InChI is InChI=1S/C38H74/c1-3-5-7-9-11-13-15-17-19-21-23-25-27-29-31-33-35-37-38-36-34-32-30-28-26-24-22-20-18-16-14-12-10-8-6-4-2/h35-38H,3-34H2,1-2H3/b37-35+,38-36+. The number of hydrogen-bond acceptors (Lipinski definition) is 0. The second-order valence-electron chi connectivity index (χ2n) is 12.3. The molecule has 0 rings (SSSR count). The van der Waals surface area contributed by atoms with E-state index in [-0.39, 0.29) is 0 Å². The predicted octanol–water partition coefficient (Wildman–Crippen LogP) is 14.6. The van der Waals surface area contributed by atoms with Crippen LogP contribution in [0.3, 0.4) is 0 Å². The van der Waals surface area contributed by atoms with Gasteiger partial charge in [0.2, 0.25) is 0 Å². The van der Waals surface area contributed by atoms with Gasteiger partial charge in [0, 0.05) is 0 Å². The van der Waals surface area contributed by atoms with E-state index in [2.05, 4.69) is 38.2 Å². The van der Waals surface area contributed by atoms with Crippen molar-refractivity contribution < 1.29 is 0 Å². The first-order valence-corrected chi connectivity index (χ1v) is 18.2. The van der Waals surface area contributed by atoms with E-state index in [9.17, 15) is 0 Å². The van der Waals surface area contributed by atoms with Crippen LogP contribution in [-0.2, 0) is 0 Å². The van der Waals surface area contributed by atoms with Gasteiger partial charge in [-0.05, 0) is 25.7 Å². The van der Waals surface area contributed by atoms with Gasteiger partial charge < -0.3 is 0 Å². The summed E-state index contributed by atoms with van der Waals surface area (Å²) in [5, 5.41) is 0. The highest BCUT2D eigenvalue weighted by molar-refractivity contribution is 5.02. The summed E-state index contributed by atoms with van der Waals surface area (Å²) >= 11 is 0. The Hall–Kier alpha value is -0.520. The minimum Gasteiger partial charge on any atom is -0.0845 e. The van der Waals surface area contributed by atoms with Crippen molar-refractivity contribution in [3.05, 3.63) is 24.3 Å². The van der Waals surface area contributed by atoms with E-state index in [4.69, 9.17) is 0 Å². The Labute approximate surface area is 243 Å². The lowest BCUT2D eigenvalue weighted by atomic mass is 10.0. The highest BCUT2D eigenvalue weighted by Crippen LogP contribution is 2.15. The Morgan fingerprint density at radius 2 is 0.421 bits per heavy atom. The van der Waals surface area contributed by atoms with Gasteiger partial charge in [-0.1, -0.05) is 218 Å². The first-order chi connectivity index (χ1) is 18.9. The lowest BCUT2D eigenvalue weighted by Gasteiger charge is -2.03. The van der Waals surface area contributed by atoms with Crippen LogP contribution in [0.2, 0.25) is 0 Å². The average molecular weight is 531 g/mol. The van der Waals surface area contributed by atoms with Crippen molar-refractivity contribution in [1.29, 1.82) is 0 Å². The van der Waals surface area contributed by atoms with Crippen LogP contribution in [-0.4, -0.2) is 0 Å². The molecule has 0 N–H and O–H groups in total. The molecule has 0 aromatic rings. The fourth-order valence-corrected chi connectivity index (χ4v) is 5.62. The van der Waals surface area contributed by atoms with Crippen molar-refractivity contribution in [1.82, 2.24) is 0 Å². The molecule has 0 unspecified atom stereocenters. The monoisotopic (exact) mass is 531 g/mol. The number of hydrogen-bond donors (Lipinski definition) is 0. The summed E-state index contributed by atoms with van der Waals surface area (Å²) in [7, 11) is 0. The van der Waals surface area contributed by atoms with Crippen molar-refractivity contribution in [2.24, 2.45) is 0 Å². The van der Waals surface area contributed by atoms with Crippen LogP contribution in [0.4, 0.5) is 0 Å². The fourth-order valence-electron chi connectivity index (χ4n) is 5.62. The quantitative estimate of drug-likeness (QED) is 0.0584. The summed E-state index contributed by atoms with van der Waals surface area (Å²) in [5.41, 5.74) is 0. The number of allylic oxidation sites excluding steroid dienone is 4. The van der Waals surface area contributed by atoms with E-state index in [0.717, 1.165) is 0 Å². The molecule has 226 valence electrons. The van der Waals surface area contributed by atoms with E-state index < -0.39 is 0 Å². The lowest BCUT2D eigenvalue weighted by molar-refractivity contribution is 0.533. The molecule has 0 spiro atoms. The molecule has 0 nitrogen and oxygen atoms in total. The molecule has 38 heavy (non-hydrogen) atoms. The van der Waals surface area contributed by atoms with E-state index in [0.29, 0.717) is 0 Å². The topological polar surface area (TPSA) is 0 Å². The van der Waals surface area contributed by atoms with E-state index in [1.165, 1.54) is 205 Å². The molecular formula is C38H74. The first kappa shape index (κ1) is 37.5. The van der Waals surface area contributed by atoms with Gasteiger partial charge in [0.05, 0.1) is 0 Å². The van der Waals surface area contributed by atoms with Crippen LogP contribution in [0.1, 0.15) is 219 Å². The van der Waals surface area contributed by atoms with Crippen LogP contribution in [0.25, 0.3) is 0 Å². The third kappa shape index (κ3) is 35.5. The molecule has 0 heterocycles. The highest BCUT2D eigenvalue weighted by Gasteiger charge is 1.95. The third-order valence-corrected chi connectivity index (χ3v) is 8.33. The minimum atomic E-state index is 1.27. The molecule has 0 bridgehead atoms. The zero-order valence-electron chi connectivity index (χ0n) is 26.9. The Kier molecular flexibility index (Phi) is 36.0. The van der Waals surface area contributed by atoms with Crippen molar-refractivity contribution >= 4 is 0 Å². The molecule has 0 radical (unpaired) electrons. The summed E-state index contributed by atoms with van der Waals surface area (Å²) < 4.78 is 0. The zero-order valence-corrected chi connectivity index (χ0v) is 26.9. The fraction of sp³-hybridized carbons (Fsp3) is 0.895. The molecule has 0 aliphatic carbocycles. The summed E-state index contributed by atoms with van der Waals surface area (Å²) in [6.45, 7) is 4.61. The molecule has 0 aromatic carbocycles. The van der Waals surface area contributed by atoms with E-state index in [1.807, 2.05) is 0 Å². The Balaban J connectivity index is 3.14. The summed E-state index contributed by atoms with van der Waals surface area (Å²) in [5.74, 6) is 0. The largest absolute Gasteiger partial charge is 0.0845 e. The molecule has 0 aliphatic rings. The molecular weight excluding hydrogens is 456 g/mol. The molecule has 0 fully saturated rings. The van der Waals surface area contributed by atoms with Gasteiger partial charge in [0.25, 0.3) is 0 Å². The Morgan fingerprint density at radius 3 is 0.632 bits per heavy atom. The first-order valence-electron chi connectivity index (χ1n) is 18.2. The van der Waals surface area contributed by atoms with Crippen molar-refractivity contribution in [3.8, 4) is 0 Å². The van der Waals surface area contributed by atoms with Crippen molar-refractivity contribution in [2.75, 3.05) is 0 Å². The van der Waals surface area contributed by atoms with Crippen LogP contribution < -0.4 is 0 Å². The minimum absolute atomic E-state index is 1.27. The van der Waals surface area contributed by atoms with E-state index >= 15 is 0 Å². The van der Waals surface area contributed by atoms with Gasteiger partial charge in [0.1, 0.15) is 0 Å². The molecule has 0 saturated carbocycles. The molecule has 0 heteroatoms. The van der Waals surface area contributed by atoms with Crippen LogP contribution in [0.15, 0.2) is 24.3 Å². The number of rotatable bonds is 33. The van der Waals surface area contributed by atoms with E-state index in [1.54, 1.807) is 0 Å². The van der Waals surface area contributed by atoms with Gasteiger partial charge in [-0.15, -0.1) is 0 Å². The highest BCUT2D eigenvalue weighted by atomic mass is 14.0.